The van der Waals surface area contributed by atoms with Gasteiger partial charge in [-0.25, -0.2) is 9.79 Å². The molecule has 134 valence electrons. The first kappa shape index (κ1) is 18.1. The van der Waals surface area contributed by atoms with Gasteiger partial charge in [0.05, 0.1) is 30.8 Å². The Balaban J connectivity index is 2.23. The van der Waals surface area contributed by atoms with Crippen molar-refractivity contribution in [1.29, 1.82) is 5.26 Å². The molecule has 1 unspecified atom stereocenters. The number of amidine groups is 1. The fourth-order valence-electron chi connectivity index (χ4n) is 3.07. The molecule has 0 amide bonds. The van der Waals surface area contributed by atoms with Crippen molar-refractivity contribution in [2.24, 2.45) is 4.99 Å². The molecule has 1 atom stereocenters. The molecular weight excluding hydrogens is 340 g/mol. The summed E-state index contributed by atoms with van der Waals surface area (Å²) in [5, 5.41) is 19.0. The van der Waals surface area contributed by atoms with E-state index in [1.54, 1.807) is 11.8 Å². The van der Waals surface area contributed by atoms with Crippen LogP contribution in [0.4, 0.5) is 11.4 Å². The third-order valence-electron chi connectivity index (χ3n) is 4.20. The van der Waals surface area contributed by atoms with E-state index in [1.165, 1.54) is 0 Å². The third-order valence-corrected chi connectivity index (χ3v) is 4.20. The van der Waals surface area contributed by atoms with Gasteiger partial charge in [-0.2, -0.15) is 5.26 Å². The van der Waals surface area contributed by atoms with Crippen molar-refractivity contribution in [2.45, 2.75) is 19.4 Å². The Hall–Kier alpha value is -3.68. The summed E-state index contributed by atoms with van der Waals surface area (Å²) in [7, 11) is 0. The molecule has 27 heavy (non-hydrogen) atoms. The number of anilines is 1. The van der Waals surface area contributed by atoms with Crippen molar-refractivity contribution in [3.63, 3.8) is 0 Å². The molecule has 0 radical (unpaired) electrons. The standard InChI is InChI=1S/C21H17N4O2/c1-2-27-21(26)17(14-23)20-24-18-11-7-6-10-16(18)19(12-13-22)25(20)15-8-4-3-5-9-15/h3-11,19H,2,12H2,1H3/q-1. The maximum atomic E-state index is 12.4. The maximum Gasteiger partial charge on any atom is 0.348 e. The Morgan fingerprint density at radius 3 is 2.59 bits per heavy atom. The summed E-state index contributed by atoms with van der Waals surface area (Å²) in [6.07, 6.45) is 0.173. The van der Waals surface area contributed by atoms with Gasteiger partial charge in [0.25, 0.3) is 0 Å². The van der Waals surface area contributed by atoms with E-state index in [2.05, 4.69) is 11.1 Å². The summed E-state index contributed by atoms with van der Waals surface area (Å²) in [6, 6.07) is 18.5. The van der Waals surface area contributed by atoms with E-state index in [1.807, 2.05) is 60.5 Å². The van der Waals surface area contributed by atoms with Crippen LogP contribution in [0, 0.1) is 11.3 Å². The smallest absolute Gasteiger partial charge is 0.348 e. The SMILES string of the molecule is CCOC(=O)C(=C=[N-])C1=Nc2ccccc2C(CC#N)N1c1ccccc1. The summed E-state index contributed by atoms with van der Waals surface area (Å²) in [5.41, 5.74) is 2.06. The molecule has 0 aliphatic carbocycles. The molecule has 3 rings (SSSR count). The van der Waals surface area contributed by atoms with Crippen molar-refractivity contribution < 1.29 is 9.53 Å². The van der Waals surface area contributed by atoms with E-state index in [-0.39, 0.29) is 30.5 Å². The number of aliphatic imine (C=N–C) groups is 1. The highest BCUT2D eigenvalue weighted by Gasteiger charge is 2.34. The monoisotopic (exact) mass is 357 g/mol. The fourth-order valence-corrected chi connectivity index (χ4v) is 3.07. The largest absolute Gasteiger partial charge is 0.762 e. The predicted octanol–water partition coefficient (Wildman–Crippen LogP) is 3.92. The number of esters is 1. The molecule has 0 aromatic heterocycles. The number of para-hydroxylation sites is 2. The Bertz CT molecular complexity index is 969. The first-order valence-corrected chi connectivity index (χ1v) is 8.54. The van der Waals surface area contributed by atoms with Crippen molar-refractivity contribution in [1.82, 2.24) is 0 Å². The van der Waals surface area contributed by atoms with Gasteiger partial charge in [0, 0.05) is 11.3 Å². The topological polar surface area (TPSA) is 88.0 Å². The molecule has 0 N–H and O–H groups in total. The predicted molar refractivity (Wildman–Crippen MR) is 104 cm³/mol. The molecule has 1 heterocycles. The minimum atomic E-state index is -0.727. The molecule has 0 fully saturated rings. The van der Waals surface area contributed by atoms with Crippen LogP contribution in [0.25, 0.3) is 5.41 Å². The number of hydrogen-bond acceptors (Lipinski definition) is 5. The van der Waals surface area contributed by atoms with Gasteiger partial charge < -0.3 is 15.0 Å². The highest BCUT2D eigenvalue weighted by Crippen LogP contribution is 2.40. The van der Waals surface area contributed by atoms with E-state index in [9.17, 15) is 15.5 Å². The quantitative estimate of drug-likeness (QED) is 0.461. The number of carbonyl (C=O) groups is 1. The van der Waals surface area contributed by atoms with Crippen LogP contribution < -0.4 is 4.90 Å². The van der Waals surface area contributed by atoms with Crippen LogP contribution in [0.5, 0.6) is 0 Å². The molecule has 1 aliphatic rings. The molecule has 6 heteroatoms. The molecule has 2 aromatic carbocycles. The average molecular weight is 357 g/mol. The Labute approximate surface area is 157 Å². The van der Waals surface area contributed by atoms with E-state index in [0.717, 1.165) is 11.3 Å². The van der Waals surface area contributed by atoms with Crippen LogP contribution in [0.15, 0.2) is 65.2 Å². The lowest BCUT2D eigenvalue weighted by Crippen LogP contribution is -2.40. The number of benzene rings is 2. The van der Waals surface area contributed by atoms with Crippen molar-refractivity contribution in [3.8, 4) is 6.07 Å². The van der Waals surface area contributed by atoms with Crippen molar-refractivity contribution in [2.75, 3.05) is 11.5 Å². The lowest BCUT2D eigenvalue weighted by atomic mass is 9.96. The van der Waals surface area contributed by atoms with Gasteiger partial charge in [0.2, 0.25) is 0 Å². The molecular formula is C21H17N4O2-. The lowest BCUT2D eigenvalue weighted by Gasteiger charge is -2.37. The number of carbonyl (C=O) groups excluding carboxylic acids is 1. The van der Waals surface area contributed by atoms with Gasteiger partial charge in [-0.15, -0.1) is 0 Å². The molecule has 2 aromatic rings. The number of hydrogen-bond donors (Lipinski definition) is 0. The summed E-state index contributed by atoms with van der Waals surface area (Å²) < 4.78 is 5.04. The van der Waals surface area contributed by atoms with Crippen LogP contribution in [0.1, 0.15) is 24.9 Å². The number of nitrogens with zero attached hydrogens (tertiary/aromatic N) is 4. The molecule has 6 nitrogen and oxygen atoms in total. The molecule has 0 saturated heterocycles. The zero-order chi connectivity index (χ0) is 19.2. The highest BCUT2D eigenvalue weighted by atomic mass is 16.5. The normalized spacial score (nSPS) is 15.0. The first-order valence-electron chi connectivity index (χ1n) is 8.54. The van der Waals surface area contributed by atoms with Gasteiger partial charge in [-0.05, 0) is 25.1 Å². The van der Waals surface area contributed by atoms with E-state index in [0.29, 0.717) is 5.69 Å². The van der Waals surface area contributed by atoms with Gasteiger partial charge in [0.1, 0.15) is 5.57 Å². The van der Waals surface area contributed by atoms with Gasteiger partial charge in [-0.1, -0.05) is 36.4 Å². The molecule has 1 aliphatic heterocycles. The van der Waals surface area contributed by atoms with Crippen LogP contribution in [-0.4, -0.2) is 24.3 Å². The highest BCUT2D eigenvalue weighted by molar-refractivity contribution is 6.31. The molecule has 0 bridgehead atoms. The Kier molecular flexibility index (Phi) is 5.46. The average Bonchev–Trinajstić information content (AvgIpc) is 2.70. The lowest BCUT2D eigenvalue weighted by molar-refractivity contribution is -0.137. The second-order valence-corrected chi connectivity index (χ2v) is 5.79. The summed E-state index contributed by atoms with van der Waals surface area (Å²) in [5.74, 6) is 1.40. The van der Waals surface area contributed by atoms with E-state index in [4.69, 9.17) is 4.74 Å². The summed E-state index contributed by atoms with van der Waals surface area (Å²) in [6.45, 7) is 1.83. The van der Waals surface area contributed by atoms with Gasteiger partial charge >= 0.3 is 5.97 Å². The second kappa shape index (κ2) is 8.13. The zero-order valence-electron chi connectivity index (χ0n) is 14.8. The number of nitriles is 1. The van der Waals surface area contributed by atoms with Crippen LogP contribution in [0.3, 0.4) is 0 Å². The summed E-state index contributed by atoms with van der Waals surface area (Å²) in [4.78, 5) is 18.7. The molecule has 0 saturated carbocycles. The Morgan fingerprint density at radius 1 is 1.22 bits per heavy atom. The van der Waals surface area contributed by atoms with Crippen molar-refractivity contribution >= 4 is 29.0 Å². The maximum absolute atomic E-state index is 12.4. The Morgan fingerprint density at radius 2 is 1.93 bits per heavy atom. The van der Waals surface area contributed by atoms with Gasteiger partial charge in [0.15, 0.2) is 5.84 Å². The van der Waals surface area contributed by atoms with Crippen LogP contribution in [-0.2, 0) is 9.53 Å². The zero-order valence-corrected chi connectivity index (χ0v) is 14.8. The second-order valence-electron chi connectivity index (χ2n) is 5.79. The third kappa shape index (κ3) is 3.50. The van der Waals surface area contributed by atoms with Gasteiger partial charge in [-0.3, -0.25) is 5.87 Å². The van der Waals surface area contributed by atoms with Crippen LogP contribution in [0.2, 0.25) is 0 Å². The minimum absolute atomic E-state index is 0.154. The number of ether oxygens (including phenoxy) is 1. The van der Waals surface area contributed by atoms with E-state index >= 15 is 0 Å². The van der Waals surface area contributed by atoms with Crippen LogP contribution >= 0.6 is 0 Å². The van der Waals surface area contributed by atoms with Crippen molar-refractivity contribution in [3.05, 3.63) is 71.1 Å². The fraction of sp³-hybridized carbons (Fsp3) is 0.190. The number of fused-ring (bicyclic) bond motifs is 1. The minimum Gasteiger partial charge on any atom is -0.762 e. The van der Waals surface area contributed by atoms with E-state index < -0.39 is 5.97 Å². The summed E-state index contributed by atoms with van der Waals surface area (Å²) >= 11 is 0. The first-order chi connectivity index (χ1) is 13.2. The number of rotatable bonds is 5. The molecule has 0 spiro atoms.